The second-order valence-corrected chi connectivity index (χ2v) is 3.10. The number of hydrogen-bond donors (Lipinski definition) is 1. The zero-order chi connectivity index (χ0) is 12.4. The van der Waals surface area contributed by atoms with Gasteiger partial charge in [-0.05, 0) is 6.92 Å². The first-order valence-electron chi connectivity index (χ1n) is 4.46. The lowest BCUT2D eigenvalue weighted by atomic mass is 10.4. The molecule has 1 unspecified atom stereocenters. The van der Waals surface area contributed by atoms with Crippen molar-refractivity contribution in [3.8, 4) is 0 Å². The Morgan fingerprint density at radius 2 is 1.93 bits per heavy atom. The van der Waals surface area contributed by atoms with Gasteiger partial charge in [0.1, 0.15) is 6.61 Å². The van der Waals surface area contributed by atoms with E-state index in [1.54, 1.807) is 14.1 Å². The molecule has 1 atom stereocenters. The van der Waals surface area contributed by atoms with Crippen molar-refractivity contribution in [2.24, 2.45) is 0 Å². The molecule has 0 aromatic heterocycles. The van der Waals surface area contributed by atoms with Gasteiger partial charge in [0, 0.05) is 27.1 Å². The largest absolute Gasteiger partial charge is 0.460 e. The summed E-state index contributed by atoms with van der Waals surface area (Å²) in [4.78, 5) is 21.9. The number of rotatable bonds is 3. The van der Waals surface area contributed by atoms with Crippen molar-refractivity contribution in [3.05, 3.63) is 12.7 Å². The molecular weight excluding hydrogens is 198 g/mol. The minimum absolute atomic E-state index is 0.0326. The topological polar surface area (TPSA) is 66.8 Å². The highest BCUT2D eigenvalue weighted by molar-refractivity contribution is 5.81. The molecule has 0 saturated heterocycles. The van der Waals surface area contributed by atoms with Crippen LogP contribution in [0.5, 0.6) is 0 Å². The summed E-state index contributed by atoms with van der Waals surface area (Å²) in [6, 6.07) is 0. The fraction of sp³-hybridized carbons (Fsp3) is 0.600. The molecule has 0 saturated carbocycles. The zero-order valence-corrected chi connectivity index (χ0v) is 9.69. The van der Waals surface area contributed by atoms with Crippen LogP contribution in [0, 0.1) is 0 Å². The van der Waals surface area contributed by atoms with Gasteiger partial charge in [-0.1, -0.05) is 6.58 Å². The first-order chi connectivity index (χ1) is 6.81. The maximum atomic E-state index is 10.3. The third-order valence-corrected chi connectivity index (χ3v) is 1.26. The van der Waals surface area contributed by atoms with Gasteiger partial charge >= 0.3 is 5.97 Å². The van der Waals surface area contributed by atoms with Gasteiger partial charge in [-0.3, -0.25) is 4.79 Å². The van der Waals surface area contributed by atoms with Gasteiger partial charge in [0.25, 0.3) is 0 Å². The maximum Gasteiger partial charge on any atom is 0.330 e. The quantitative estimate of drug-likeness (QED) is 0.541. The van der Waals surface area contributed by atoms with E-state index in [9.17, 15) is 9.59 Å². The van der Waals surface area contributed by atoms with E-state index in [1.165, 1.54) is 18.7 Å². The second kappa shape index (κ2) is 9.21. The lowest BCUT2D eigenvalue weighted by molar-refractivity contribution is -0.140. The van der Waals surface area contributed by atoms with E-state index < -0.39 is 12.1 Å². The summed E-state index contributed by atoms with van der Waals surface area (Å²) < 4.78 is 4.45. The smallest absolute Gasteiger partial charge is 0.330 e. The molecule has 0 aliphatic carbocycles. The summed E-state index contributed by atoms with van der Waals surface area (Å²) in [6.45, 7) is 6.28. The van der Waals surface area contributed by atoms with E-state index >= 15 is 0 Å². The van der Waals surface area contributed by atoms with Gasteiger partial charge < -0.3 is 14.7 Å². The Morgan fingerprint density at radius 1 is 1.53 bits per heavy atom. The molecule has 5 nitrogen and oxygen atoms in total. The number of amides is 1. The van der Waals surface area contributed by atoms with E-state index in [0.717, 1.165) is 6.08 Å². The van der Waals surface area contributed by atoms with E-state index in [2.05, 4.69) is 11.3 Å². The molecule has 0 aliphatic rings. The minimum Gasteiger partial charge on any atom is -0.460 e. The molecule has 0 bridgehead atoms. The molecule has 0 spiro atoms. The number of carbonyl (C=O) groups excluding carboxylic acids is 2. The molecule has 1 amide bonds. The third-order valence-electron chi connectivity index (χ3n) is 1.26. The second-order valence-electron chi connectivity index (χ2n) is 3.10. The molecule has 0 aromatic carbocycles. The molecule has 0 aromatic rings. The SMILES string of the molecule is C=CC(=O)OCC(C)O.CC(=O)N(C)C. The fourth-order valence-corrected chi connectivity index (χ4v) is 0.262. The van der Waals surface area contributed by atoms with Crippen LogP contribution in [0.15, 0.2) is 12.7 Å². The molecule has 0 fully saturated rings. The number of aliphatic hydroxyl groups is 1. The Hall–Kier alpha value is -1.36. The van der Waals surface area contributed by atoms with Crippen LogP contribution in [0.4, 0.5) is 0 Å². The molecule has 88 valence electrons. The van der Waals surface area contributed by atoms with Crippen molar-refractivity contribution in [2.45, 2.75) is 20.0 Å². The standard InChI is InChI=1S/C6H10O3.C4H9NO/c1-3-6(8)9-4-5(2)7;1-4(6)5(2)3/h3,5,7H,1,4H2,2H3;1-3H3. The Balaban J connectivity index is 0. The lowest BCUT2D eigenvalue weighted by Crippen LogP contribution is -2.17. The van der Waals surface area contributed by atoms with Crippen LogP contribution < -0.4 is 0 Å². The van der Waals surface area contributed by atoms with Crippen LogP contribution in [-0.2, 0) is 14.3 Å². The molecule has 1 N–H and O–H groups in total. The number of esters is 1. The van der Waals surface area contributed by atoms with Crippen LogP contribution in [-0.4, -0.2) is 48.7 Å². The van der Waals surface area contributed by atoms with Crippen molar-refractivity contribution in [1.29, 1.82) is 0 Å². The highest BCUT2D eigenvalue weighted by Crippen LogP contribution is 1.83. The van der Waals surface area contributed by atoms with Crippen LogP contribution in [0.2, 0.25) is 0 Å². The monoisotopic (exact) mass is 217 g/mol. The summed E-state index contributed by atoms with van der Waals surface area (Å²) in [6.07, 6.45) is 0.455. The van der Waals surface area contributed by atoms with Crippen LogP contribution in [0.1, 0.15) is 13.8 Å². The van der Waals surface area contributed by atoms with Crippen LogP contribution in [0.3, 0.4) is 0 Å². The summed E-state index contributed by atoms with van der Waals surface area (Å²) in [5.41, 5.74) is 0. The Labute approximate surface area is 90.3 Å². The molecule has 0 aliphatic heterocycles. The van der Waals surface area contributed by atoms with Gasteiger partial charge in [-0.15, -0.1) is 0 Å². The summed E-state index contributed by atoms with van der Waals surface area (Å²) >= 11 is 0. The number of nitrogens with zero attached hydrogens (tertiary/aromatic N) is 1. The Bertz CT molecular complexity index is 211. The molecular formula is C10H19NO4. The predicted octanol–water partition coefficient (Wildman–Crippen LogP) is 0.191. The van der Waals surface area contributed by atoms with Gasteiger partial charge in [0.15, 0.2) is 0 Å². The normalized spacial score (nSPS) is 10.5. The van der Waals surface area contributed by atoms with Crippen molar-refractivity contribution >= 4 is 11.9 Å². The van der Waals surface area contributed by atoms with Gasteiger partial charge in [-0.2, -0.15) is 0 Å². The van der Waals surface area contributed by atoms with Crippen molar-refractivity contribution in [1.82, 2.24) is 4.90 Å². The molecule has 0 radical (unpaired) electrons. The number of ether oxygens (including phenoxy) is 1. The van der Waals surface area contributed by atoms with Crippen molar-refractivity contribution in [2.75, 3.05) is 20.7 Å². The average Bonchev–Trinajstić information content (AvgIpc) is 2.14. The van der Waals surface area contributed by atoms with E-state index in [4.69, 9.17) is 5.11 Å². The molecule has 5 heteroatoms. The molecule has 0 heterocycles. The summed E-state index contributed by atoms with van der Waals surface area (Å²) in [5, 5.41) is 8.59. The first-order valence-corrected chi connectivity index (χ1v) is 4.46. The van der Waals surface area contributed by atoms with Gasteiger partial charge in [0.2, 0.25) is 5.91 Å². The third kappa shape index (κ3) is 15.4. The minimum atomic E-state index is -0.603. The molecule has 0 rings (SSSR count). The van der Waals surface area contributed by atoms with E-state index in [-0.39, 0.29) is 12.5 Å². The number of aliphatic hydroxyl groups excluding tert-OH is 1. The maximum absolute atomic E-state index is 10.3. The number of carbonyl (C=O) groups is 2. The Morgan fingerprint density at radius 3 is 2.13 bits per heavy atom. The van der Waals surface area contributed by atoms with Crippen LogP contribution >= 0.6 is 0 Å². The van der Waals surface area contributed by atoms with Crippen LogP contribution in [0.25, 0.3) is 0 Å². The Kier molecular flexibility index (Phi) is 9.87. The van der Waals surface area contributed by atoms with Crippen molar-refractivity contribution < 1.29 is 19.4 Å². The van der Waals surface area contributed by atoms with E-state index in [1.807, 2.05) is 0 Å². The van der Waals surface area contributed by atoms with Gasteiger partial charge in [0.05, 0.1) is 6.10 Å². The zero-order valence-electron chi connectivity index (χ0n) is 9.69. The first kappa shape index (κ1) is 16.1. The lowest BCUT2D eigenvalue weighted by Gasteiger charge is -2.02. The van der Waals surface area contributed by atoms with Crippen molar-refractivity contribution in [3.63, 3.8) is 0 Å². The molecule has 15 heavy (non-hydrogen) atoms. The predicted molar refractivity (Wildman–Crippen MR) is 57.2 cm³/mol. The summed E-state index contributed by atoms with van der Waals surface area (Å²) in [5.74, 6) is -0.411. The highest BCUT2D eigenvalue weighted by atomic mass is 16.5. The fourth-order valence-electron chi connectivity index (χ4n) is 0.262. The van der Waals surface area contributed by atoms with Gasteiger partial charge in [-0.25, -0.2) is 4.79 Å². The summed E-state index contributed by atoms with van der Waals surface area (Å²) in [7, 11) is 3.45. The number of hydrogen-bond acceptors (Lipinski definition) is 4. The average molecular weight is 217 g/mol. The highest BCUT2D eigenvalue weighted by Gasteiger charge is 1.98. The van der Waals surface area contributed by atoms with E-state index in [0.29, 0.717) is 0 Å².